The lowest BCUT2D eigenvalue weighted by atomic mass is 9.61. The average Bonchev–Trinajstić information content (AvgIpc) is 2.09. The van der Waals surface area contributed by atoms with Crippen molar-refractivity contribution in [2.45, 2.75) is 58.8 Å². The van der Waals surface area contributed by atoms with Crippen LogP contribution in [0.1, 0.15) is 40.5 Å². The first kappa shape index (κ1) is 11.0. The molecule has 0 aromatic rings. The summed E-state index contributed by atoms with van der Waals surface area (Å²) >= 11 is 0. The highest BCUT2D eigenvalue weighted by Gasteiger charge is 2.50. The first-order valence-electron chi connectivity index (χ1n) is 5.37. The Hall–Kier alpha value is -0.0800. The van der Waals surface area contributed by atoms with E-state index in [1.807, 2.05) is 7.05 Å². The summed E-state index contributed by atoms with van der Waals surface area (Å²) in [5.74, 6) is 0. The minimum absolute atomic E-state index is 0.346. The van der Waals surface area contributed by atoms with Crippen molar-refractivity contribution in [3.63, 3.8) is 0 Å². The van der Waals surface area contributed by atoms with E-state index < -0.39 is 0 Å². The minimum Gasteiger partial charge on any atom is -0.375 e. The highest BCUT2D eigenvalue weighted by molar-refractivity contribution is 5.04. The Morgan fingerprint density at radius 2 is 2.15 bits per heavy atom. The highest BCUT2D eigenvalue weighted by Crippen LogP contribution is 2.46. The first-order valence-corrected chi connectivity index (χ1v) is 5.37. The van der Waals surface area contributed by atoms with Gasteiger partial charge in [-0.1, -0.05) is 13.8 Å². The van der Waals surface area contributed by atoms with Crippen LogP contribution in [0.4, 0.5) is 0 Å². The Labute approximate surface area is 82.0 Å². The van der Waals surface area contributed by atoms with Crippen molar-refractivity contribution >= 4 is 0 Å². The van der Waals surface area contributed by atoms with E-state index in [0.717, 1.165) is 0 Å². The van der Waals surface area contributed by atoms with E-state index in [2.05, 4.69) is 33.0 Å². The van der Waals surface area contributed by atoms with Crippen molar-refractivity contribution in [2.24, 2.45) is 5.41 Å². The Morgan fingerprint density at radius 1 is 1.54 bits per heavy atom. The topological polar surface area (TPSA) is 21.3 Å². The second kappa shape index (κ2) is 3.97. The molecule has 0 aliphatic heterocycles. The molecular weight excluding hydrogens is 162 g/mol. The van der Waals surface area contributed by atoms with Gasteiger partial charge >= 0.3 is 0 Å². The number of hydrogen-bond acceptors (Lipinski definition) is 2. The summed E-state index contributed by atoms with van der Waals surface area (Å²) in [6.07, 6.45) is 3.16. The summed E-state index contributed by atoms with van der Waals surface area (Å²) in [7, 11) is 2.05. The Balaban J connectivity index is 2.52. The molecule has 0 amide bonds. The van der Waals surface area contributed by atoms with Gasteiger partial charge in [-0.25, -0.2) is 0 Å². The van der Waals surface area contributed by atoms with Gasteiger partial charge in [-0.05, 0) is 33.7 Å². The van der Waals surface area contributed by atoms with Gasteiger partial charge in [0.25, 0.3) is 0 Å². The van der Waals surface area contributed by atoms with Crippen molar-refractivity contribution in [2.75, 3.05) is 7.05 Å². The fraction of sp³-hybridized carbons (Fsp3) is 1.00. The molecule has 3 atom stereocenters. The maximum atomic E-state index is 5.88. The van der Waals surface area contributed by atoms with E-state index in [1.165, 1.54) is 12.8 Å². The van der Waals surface area contributed by atoms with Gasteiger partial charge in [0, 0.05) is 11.5 Å². The van der Waals surface area contributed by atoms with E-state index in [9.17, 15) is 0 Å². The quantitative estimate of drug-likeness (QED) is 0.725. The molecule has 78 valence electrons. The van der Waals surface area contributed by atoms with Crippen LogP contribution in [0, 0.1) is 5.41 Å². The van der Waals surface area contributed by atoms with Crippen LogP contribution in [0.3, 0.4) is 0 Å². The second-order valence-corrected chi connectivity index (χ2v) is 4.61. The Morgan fingerprint density at radius 3 is 2.54 bits per heavy atom. The molecule has 1 aliphatic carbocycles. The third kappa shape index (κ3) is 1.89. The molecule has 0 bridgehead atoms. The molecule has 1 N–H and O–H groups in total. The van der Waals surface area contributed by atoms with Crippen LogP contribution in [-0.2, 0) is 4.74 Å². The normalized spacial score (nSPS) is 39.2. The molecule has 0 heterocycles. The van der Waals surface area contributed by atoms with E-state index in [-0.39, 0.29) is 0 Å². The average molecular weight is 185 g/mol. The molecule has 2 nitrogen and oxygen atoms in total. The lowest BCUT2D eigenvalue weighted by Crippen LogP contribution is -2.61. The van der Waals surface area contributed by atoms with Gasteiger partial charge in [-0.2, -0.15) is 0 Å². The number of ether oxygens (including phenoxy) is 1. The van der Waals surface area contributed by atoms with Crippen molar-refractivity contribution in [1.29, 1.82) is 0 Å². The third-order valence-electron chi connectivity index (χ3n) is 3.53. The van der Waals surface area contributed by atoms with Crippen molar-refractivity contribution in [3.8, 4) is 0 Å². The van der Waals surface area contributed by atoms with Gasteiger partial charge in [-0.3, -0.25) is 0 Å². The van der Waals surface area contributed by atoms with E-state index in [4.69, 9.17) is 4.74 Å². The summed E-state index contributed by atoms with van der Waals surface area (Å²) in [6.45, 7) is 8.80. The summed E-state index contributed by atoms with van der Waals surface area (Å²) < 4.78 is 5.88. The van der Waals surface area contributed by atoms with Gasteiger partial charge in [0.2, 0.25) is 0 Å². The predicted octanol–water partition coefficient (Wildman–Crippen LogP) is 2.19. The molecule has 0 saturated heterocycles. The van der Waals surface area contributed by atoms with Crippen molar-refractivity contribution in [3.05, 3.63) is 0 Å². The standard InChI is InChI=1S/C11H23NO/c1-6-11(4)9(12-5)7-10(11)13-8(2)3/h8-10,12H,6-7H2,1-5H3. The van der Waals surface area contributed by atoms with Gasteiger partial charge < -0.3 is 10.1 Å². The molecule has 0 aromatic heterocycles. The minimum atomic E-state index is 0.346. The SMILES string of the molecule is CCC1(C)C(NC)CC1OC(C)C. The molecule has 0 spiro atoms. The van der Waals surface area contributed by atoms with Crippen LogP contribution in [0.15, 0.2) is 0 Å². The van der Waals surface area contributed by atoms with Gasteiger partial charge in [-0.15, -0.1) is 0 Å². The lowest BCUT2D eigenvalue weighted by Gasteiger charge is -2.54. The van der Waals surface area contributed by atoms with Crippen LogP contribution in [-0.4, -0.2) is 25.3 Å². The largest absolute Gasteiger partial charge is 0.375 e. The molecule has 1 rings (SSSR count). The zero-order valence-corrected chi connectivity index (χ0v) is 9.55. The molecule has 1 aliphatic rings. The summed E-state index contributed by atoms with van der Waals surface area (Å²) in [6, 6.07) is 0.640. The molecule has 13 heavy (non-hydrogen) atoms. The molecule has 0 radical (unpaired) electrons. The fourth-order valence-corrected chi connectivity index (χ4v) is 2.28. The summed E-state index contributed by atoms with van der Waals surface area (Å²) in [5.41, 5.74) is 0.346. The molecule has 3 unspecified atom stereocenters. The zero-order chi connectivity index (χ0) is 10.1. The maximum Gasteiger partial charge on any atom is 0.0661 e. The molecule has 0 aromatic carbocycles. The smallest absolute Gasteiger partial charge is 0.0661 e. The van der Waals surface area contributed by atoms with Crippen LogP contribution in [0.2, 0.25) is 0 Å². The van der Waals surface area contributed by atoms with Gasteiger partial charge in [0.1, 0.15) is 0 Å². The second-order valence-electron chi connectivity index (χ2n) is 4.61. The summed E-state index contributed by atoms with van der Waals surface area (Å²) in [4.78, 5) is 0. The fourth-order valence-electron chi connectivity index (χ4n) is 2.28. The Kier molecular flexibility index (Phi) is 3.36. The van der Waals surface area contributed by atoms with Crippen molar-refractivity contribution < 1.29 is 4.74 Å². The number of nitrogens with one attached hydrogen (secondary N) is 1. The van der Waals surface area contributed by atoms with Gasteiger partial charge in [0.15, 0.2) is 0 Å². The molecule has 1 fully saturated rings. The van der Waals surface area contributed by atoms with Crippen LogP contribution in [0.25, 0.3) is 0 Å². The predicted molar refractivity (Wildman–Crippen MR) is 55.9 cm³/mol. The van der Waals surface area contributed by atoms with Crippen LogP contribution < -0.4 is 5.32 Å². The Bertz CT molecular complexity index is 169. The van der Waals surface area contributed by atoms with Crippen LogP contribution >= 0.6 is 0 Å². The first-order chi connectivity index (χ1) is 6.04. The highest BCUT2D eigenvalue weighted by atomic mass is 16.5. The van der Waals surface area contributed by atoms with Crippen LogP contribution in [0.5, 0.6) is 0 Å². The molecule has 2 heteroatoms. The maximum absolute atomic E-state index is 5.88. The van der Waals surface area contributed by atoms with E-state index in [0.29, 0.717) is 23.7 Å². The van der Waals surface area contributed by atoms with Gasteiger partial charge in [0.05, 0.1) is 12.2 Å². The zero-order valence-electron chi connectivity index (χ0n) is 9.55. The van der Waals surface area contributed by atoms with Crippen molar-refractivity contribution in [1.82, 2.24) is 5.32 Å². The molecular formula is C11H23NO. The van der Waals surface area contributed by atoms with E-state index in [1.54, 1.807) is 0 Å². The molecule has 1 saturated carbocycles. The third-order valence-corrected chi connectivity index (χ3v) is 3.53. The van der Waals surface area contributed by atoms with E-state index >= 15 is 0 Å². The lowest BCUT2D eigenvalue weighted by molar-refractivity contribution is -0.147. The number of hydrogen-bond donors (Lipinski definition) is 1. The summed E-state index contributed by atoms with van der Waals surface area (Å²) in [5, 5.41) is 3.37. The monoisotopic (exact) mass is 185 g/mol. The number of rotatable bonds is 4.